The average Bonchev–Trinajstić information content (AvgIpc) is 2.19. The largest absolute Gasteiger partial charge is 0.574 e. The second kappa shape index (κ2) is 4.96. The number of nitro groups is 1. The van der Waals surface area contributed by atoms with E-state index in [0.29, 0.717) is 6.07 Å². The molecule has 0 unspecified atom stereocenters. The summed E-state index contributed by atoms with van der Waals surface area (Å²) >= 11 is 0. The number of aliphatic carboxylic acids is 1. The van der Waals surface area contributed by atoms with Crippen LogP contribution in [0.15, 0.2) is 6.07 Å². The Labute approximate surface area is 102 Å². The number of carboxylic acid groups (broad SMARTS) is 1. The van der Waals surface area contributed by atoms with E-state index >= 15 is 0 Å². The number of alkyl halides is 3. The Morgan fingerprint density at radius 1 is 1.53 bits per heavy atom. The van der Waals surface area contributed by atoms with Crippen molar-refractivity contribution in [1.82, 2.24) is 4.98 Å². The third kappa shape index (κ3) is 3.97. The van der Waals surface area contributed by atoms with E-state index in [1.54, 1.807) is 0 Å². The number of pyridine rings is 1. The van der Waals surface area contributed by atoms with Crippen LogP contribution in [0.4, 0.5) is 18.9 Å². The Bertz CT molecular complexity index is 530. The predicted octanol–water partition coefficient (Wildman–Crippen LogP) is 1.22. The fourth-order valence-electron chi connectivity index (χ4n) is 1.13. The Kier molecular flexibility index (Phi) is 3.77. The van der Waals surface area contributed by atoms with Gasteiger partial charge in [-0.3, -0.25) is 14.9 Å². The molecule has 19 heavy (non-hydrogen) atoms. The van der Waals surface area contributed by atoms with Gasteiger partial charge in [0.25, 0.3) is 11.6 Å². The maximum absolute atomic E-state index is 12.0. The first-order valence-electron chi connectivity index (χ1n) is 4.45. The molecule has 0 spiro atoms. The van der Waals surface area contributed by atoms with Gasteiger partial charge in [0.1, 0.15) is 5.69 Å². The molecule has 1 aromatic heterocycles. The van der Waals surface area contributed by atoms with Gasteiger partial charge in [-0.1, -0.05) is 0 Å². The van der Waals surface area contributed by atoms with E-state index < -0.39 is 46.7 Å². The SMILES string of the molecule is O=C(O)Cc1nc(OC(F)(F)F)c(O)cc1[N+](=O)[O-]. The summed E-state index contributed by atoms with van der Waals surface area (Å²) in [5, 5.41) is 28.2. The normalized spacial score (nSPS) is 11.1. The molecule has 8 nitrogen and oxygen atoms in total. The molecule has 0 aliphatic rings. The standard InChI is InChI=1S/C8H5F3N2O6/c9-8(10,11)19-7-5(14)2-4(13(17)18)3(12-7)1-6(15)16/h2,14H,1H2,(H,15,16). The summed E-state index contributed by atoms with van der Waals surface area (Å²) < 4.78 is 39.2. The van der Waals surface area contributed by atoms with Crippen molar-refractivity contribution in [2.24, 2.45) is 0 Å². The van der Waals surface area contributed by atoms with E-state index in [1.165, 1.54) is 0 Å². The highest BCUT2D eigenvalue weighted by atomic mass is 19.4. The first-order valence-corrected chi connectivity index (χ1v) is 4.45. The maximum atomic E-state index is 12.0. The molecule has 0 saturated carbocycles. The van der Waals surface area contributed by atoms with Crippen molar-refractivity contribution in [2.45, 2.75) is 12.8 Å². The Morgan fingerprint density at radius 3 is 2.53 bits per heavy atom. The van der Waals surface area contributed by atoms with Crippen LogP contribution in [0.3, 0.4) is 0 Å². The van der Waals surface area contributed by atoms with Crippen molar-refractivity contribution in [2.75, 3.05) is 0 Å². The van der Waals surface area contributed by atoms with Gasteiger partial charge in [0.05, 0.1) is 17.4 Å². The number of hydrogen-bond acceptors (Lipinski definition) is 6. The quantitative estimate of drug-likeness (QED) is 0.628. The van der Waals surface area contributed by atoms with Gasteiger partial charge in [-0.2, -0.15) is 0 Å². The van der Waals surface area contributed by atoms with Crippen LogP contribution in [0.5, 0.6) is 11.6 Å². The minimum Gasteiger partial charge on any atom is -0.503 e. The monoisotopic (exact) mass is 282 g/mol. The summed E-state index contributed by atoms with van der Waals surface area (Å²) in [6.07, 6.45) is -6.17. The number of carbonyl (C=O) groups is 1. The Morgan fingerprint density at radius 2 is 2.11 bits per heavy atom. The second-order valence-electron chi connectivity index (χ2n) is 3.15. The highest BCUT2D eigenvalue weighted by molar-refractivity contribution is 5.71. The first-order chi connectivity index (χ1) is 8.60. The summed E-state index contributed by atoms with van der Waals surface area (Å²) in [6.45, 7) is 0. The Balaban J connectivity index is 3.29. The van der Waals surface area contributed by atoms with Gasteiger partial charge in [0.15, 0.2) is 5.75 Å². The predicted molar refractivity (Wildman–Crippen MR) is 50.6 cm³/mol. The molecule has 104 valence electrons. The van der Waals surface area contributed by atoms with E-state index in [2.05, 4.69) is 9.72 Å². The lowest BCUT2D eigenvalue weighted by atomic mass is 10.2. The van der Waals surface area contributed by atoms with E-state index in [-0.39, 0.29) is 0 Å². The van der Waals surface area contributed by atoms with Gasteiger partial charge in [0.2, 0.25) is 0 Å². The van der Waals surface area contributed by atoms with E-state index in [9.17, 15) is 28.1 Å². The number of nitrogens with zero attached hydrogens (tertiary/aromatic N) is 2. The van der Waals surface area contributed by atoms with Crippen LogP contribution in [0.1, 0.15) is 5.69 Å². The molecule has 0 amide bonds. The maximum Gasteiger partial charge on any atom is 0.574 e. The summed E-state index contributed by atoms with van der Waals surface area (Å²) in [7, 11) is 0. The zero-order valence-corrected chi connectivity index (χ0v) is 8.84. The van der Waals surface area contributed by atoms with E-state index in [1.807, 2.05) is 0 Å². The molecule has 0 aliphatic heterocycles. The zero-order valence-electron chi connectivity index (χ0n) is 8.84. The number of aromatic nitrogens is 1. The Hall–Kier alpha value is -2.59. The van der Waals surface area contributed by atoms with Gasteiger partial charge < -0.3 is 14.9 Å². The summed E-state index contributed by atoms with van der Waals surface area (Å²) in [5.74, 6) is -4.12. The number of aromatic hydroxyl groups is 1. The molecule has 0 bridgehead atoms. The lowest BCUT2D eigenvalue weighted by Gasteiger charge is -2.10. The molecular formula is C8H5F3N2O6. The summed E-state index contributed by atoms with van der Waals surface area (Å²) in [6, 6.07) is 0.340. The molecule has 0 aliphatic carbocycles. The minimum atomic E-state index is -5.18. The molecule has 11 heteroatoms. The third-order valence-corrected chi connectivity index (χ3v) is 1.75. The molecule has 2 N–H and O–H groups in total. The van der Waals surface area contributed by atoms with Crippen LogP contribution in [-0.2, 0) is 11.2 Å². The van der Waals surface area contributed by atoms with Crippen molar-refractivity contribution in [3.8, 4) is 11.6 Å². The highest BCUT2D eigenvalue weighted by Crippen LogP contribution is 2.34. The van der Waals surface area contributed by atoms with Crippen LogP contribution < -0.4 is 4.74 Å². The van der Waals surface area contributed by atoms with E-state index in [0.717, 1.165) is 0 Å². The fraction of sp³-hybridized carbons (Fsp3) is 0.250. The van der Waals surface area contributed by atoms with Gasteiger partial charge >= 0.3 is 12.3 Å². The van der Waals surface area contributed by atoms with Crippen molar-refractivity contribution >= 4 is 11.7 Å². The third-order valence-electron chi connectivity index (χ3n) is 1.75. The van der Waals surface area contributed by atoms with Crippen LogP contribution in [-0.4, -0.2) is 32.5 Å². The van der Waals surface area contributed by atoms with Gasteiger partial charge in [0, 0.05) is 0 Å². The topological polar surface area (TPSA) is 123 Å². The van der Waals surface area contributed by atoms with Gasteiger partial charge in [-0.05, 0) is 0 Å². The summed E-state index contributed by atoms with van der Waals surface area (Å²) in [4.78, 5) is 22.9. The zero-order chi connectivity index (χ0) is 14.8. The molecule has 0 radical (unpaired) electrons. The molecule has 1 rings (SSSR count). The smallest absolute Gasteiger partial charge is 0.503 e. The number of hydrogen-bond donors (Lipinski definition) is 2. The van der Waals surface area contributed by atoms with Gasteiger partial charge in [-0.25, -0.2) is 4.98 Å². The van der Waals surface area contributed by atoms with Crippen LogP contribution in [0, 0.1) is 10.1 Å². The van der Waals surface area contributed by atoms with E-state index in [4.69, 9.17) is 10.2 Å². The number of rotatable bonds is 4. The van der Waals surface area contributed by atoms with Crippen LogP contribution >= 0.6 is 0 Å². The molecule has 0 saturated heterocycles. The lowest BCUT2D eigenvalue weighted by Crippen LogP contribution is -2.19. The first kappa shape index (κ1) is 14.5. The molecule has 0 atom stereocenters. The molecule has 0 aromatic carbocycles. The van der Waals surface area contributed by atoms with Crippen molar-refractivity contribution in [3.05, 3.63) is 21.9 Å². The highest BCUT2D eigenvalue weighted by Gasteiger charge is 2.34. The van der Waals surface area contributed by atoms with Crippen LogP contribution in [0.2, 0.25) is 0 Å². The van der Waals surface area contributed by atoms with Crippen molar-refractivity contribution in [1.29, 1.82) is 0 Å². The molecule has 1 heterocycles. The second-order valence-corrected chi connectivity index (χ2v) is 3.15. The average molecular weight is 282 g/mol. The van der Waals surface area contributed by atoms with Crippen LogP contribution in [0.25, 0.3) is 0 Å². The fourth-order valence-corrected chi connectivity index (χ4v) is 1.13. The number of ether oxygens (including phenoxy) is 1. The molecule has 1 aromatic rings. The van der Waals surface area contributed by atoms with Gasteiger partial charge in [-0.15, -0.1) is 13.2 Å². The van der Waals surface area contributed by atoms with Crippen molar-refractivity contribution < 1.29 is 37.8 Å². The molecule has 0 fully saturated rings. The minimum absolute atomic E-state index is 0.340. The lowest BCUT2D eigenvalue weighted by molar-refractivity contribution is -0.386. The summed E-state index contributed by atoms with van der Waals surface area (Å²) in [5.41, 5.74) is -1.69. The number of halogens is 3. The molecular weight excluding hydrogens is 277 g/mol. The number of carboxylic acids is 1. The van der Waals surface area contributed by atoms with Crippen molar-refractivity contribution in [3.63, 3.8) is 0 Å².